The molecule has 0 aromatic heterocycles. The van der Waals surface area contributed by atoms with Crippen LogP contribution in [0.3, 0.4) is 0 Å². The summed E-state index contributed by atoms with van der Waals surface area (Å²) < 4.78 is 5.30. The van der Waals surface area contributed by atoms with Crippen molar-refractivity contribution in [1.82, 2.24) is 0 Å². The molecule has 1 aliphatic carbocycles. The van der Waals surface area contributed by atoms with Crippen LogP contribution in [0, 0.1) is 5.41 Å². The molecule has 0 aromatic carbocycles. The fraction of sp³-hybridized carbons (Fsp3) is 1.00. The van der Waals surface area contributed by atoms with E-state index < -0.39 is 0 Å². The Balaban J connectivity index is 1.90. The first-order valence-electron chi connectivity index (χ1n) is 4.14. The summed E-state index contributed by atoms with van der Waals surface area (Å²) in [6, 6.07) is 0.498. The first-order valence-corrected chi connectivity index (χ1v) is 4.14. The van der Waals surface area contributed by atoms with Gasteiger partial charge in [0.15, 0.2) is 0 Å². The van der Waals surface area contributed by atoms with Gasteiger partial charge < -0.3 is 10.5 Å². The summed E-state index contributed by atoms with van der Waals surface area (Å²) in [5.74, 6) is 0. The molecular formula is C8H15NO. The SMILES string of the molecule is NC1CC2(CCOCC2)C1. The Morgan fingerprint density at radius 2 is 1.80 bits per heavy atom. The van der Waals surface area contributed by atoms with E-state index in [0.29, 0.717) is 11.5 Å². The van der Waals surface area contributed by atoms with Crippen LogP contribution in [0.2, 0.25) is 0 Å². The second kappa shape index (κ2) is 2.21. The van der Waals surface area contributed by atoms with E-state index in [1.807, 2.05) is 0 Å². The average molecular weight is 141 g/mol. The maximum atomic E-state index is 5.74. The lowest BCUT2D eigenvalue weighted by atomic mass is 9.61. The minimum Gasteiger partial charge on any atom is -0.381 e. The molecule has 1 heterocycles. The van der Waals surface area contributed by atoms with Crippen molar-refractivity contribution in [2.24, 2.45) is 11.1 Å². The van der Waals surface area contributed by atoms with Crippen LogP contribution in [-0.4, -0.2) is 19.3 Å². The number of nitrogens with two attached hydrogens (primary N) is 1. The van der Waals surface area contributed by atoms with E-state index in [1.54, 1.807) is 0 Å². The third-order valence-electron chi connectivity index (χ3n) is 2.94. The Kier molecular flexibility index (Phi) is 1.46. The van der Waals surface area contributed by atoms with Crippen molar-refractivity contribution >= 4 is 0 Å². The topological polar surface area (TPSA) is 35.2 Å². The molecule has 1 saturated heterocycles. The van der Waals surface area contributed by atoms with Gasteiger partial charge in [0, 0.05) is 19.3 Å². The van der Waals surface area contributed by atoms with Crippen LogP contribution in [0.5, 0.6) is 0 Å². The molecule has 58 valence electrons. The Morgan fingerprint density at radius 3 is 2.30 bits per heavy atom. The van der Waals surface area contributed by atoms with Crippen LogP contribution in [0.1, 0.15) is 25.7 Å². The molecule has 2 aliphatic rings. The summed E-state index contributed by atoms with van der Waals surface area (Å²) in [5.41, 5.74) is 6.37. The zero-order valence-electron chi connectivity index (χ0n) is 6.31. The maximum Gasteiger partial charge on any atom is 0.0471 e. The van der Waals surface area contributed by atoms with Crippen molar-refractivity contribution in [3.8, 4) is 0 Å². The average Bonchev–Trinajstić information content (AvgIpc) is 1.87. The van der Waals surface area contributed by atoms with Gasteiger partial charge in [-0.05, 0) is 31.1 Å². The molecule has 2 nitrogen and oxygen atoms in total. The molecule has 1 aliphatic heterocycles. The van der Waals surface area contributed by atoms with Crippen molar-refractivity contribution in [1.29, 1.82) is 0 Å². The zero-order valence-corrected chi connectivity index (χ0v) is 6.31. The molecule has 0 unspecified atom stereocenters. The summed E-state index contributed by atoms with van der Waals surface area (Å²) in [4.78, 5) is 0. The first kappa shape index (κ1) is 6.62. The highest BCUT2D eigenvalue weighted by Gasteiger charge is 2.42. The summed E-state index contributed by atoms with van der Waals surface area (Å²) in [6.45, 7) is 1.93. The molecular weight excluding hydrogens is 126 g/mol. The van der Waals surface area contributed by atoms with Gasteiger partial charge in [-0.1, -0.05) is 0 Å². The number of ether oxygens (including phenoxy) is 1. The summed E-state index contributed by atoms with van der Waals surface area (Å²) in [5, 5.41) is 0. The number of hydrogen-bond acceptors (Lipinski definition) is 2. The fourth-order valence-corrected chi connectivity index (χ4v) is 2.27. The highest BCUT2D eigenvalue weighted by atomic mass is 16.5. The normalized spacial score (nSPS) is 32.1. The van der Waals surface area contributed by atoms with Gasteiger partial charge in [-0.2, -0.15) is 0 Å². The van der Waals surface area contributed by atoms with E-state index in [9.17, 15) is 0 Å². The zero-order chi connectivity index (χ0) is 7.03. The summed E-state index contributed by atoms with van der Waals surface area (Å²) in [6.07, 6.45) is 4.99. The number of rotatable bonds is 0. The monoisotopic (exact) mass is 141 g/mol. The van der Waals surface area contributed by atoms with Gasteiger partial charge in [0.2, 0.25) is 0 Å². The quantitative estimate of drug-likeness (QED) is 0.544. The van der Waals surface area contributed by atoms with E-state index >= 15 is 0 Å². The van der Waals surface area contributed by atoms with Crippen LogP contribution in [0.25, 0.3) is 0 Å². The Labute approximate surface area is 61.7 Å². The van der Waals surface area contributed by atoms with Crippen molar-refractivity contribution in [3.05, 3.63) is 0 Å². The van der Waals surface area contributed by atoms with Crippen LogP contribution in [-0.2, 0) is 4.74 Å². The van der Waals surface area contributed by atoms with Gasteiger partial charge >= 0.3 is 0 Å². The molecule has 2 rings (SSSR count). The van der Waals surface area contributed by atoms with Crippen molar-refractivity contribution in [2.45, 2.75) is 31.7 Å². The molecule has 1 spiro atoms. The molecule has 0 atom stereocenters. The van der Waals surface area contributed by atoms with Crippen LogP contribution in [0.15, 0.2) is 0 Å². The van der Waals surface area contributed by atoms with Crippen LogP contribution in [0.4, 0.5) is 0 Å². The number of hydrogen-bond donors (Lipinski definition) is 1. The van der Waals surface area contributed by atoms with Crippen LogP contribution < -0.4 is 5.73 Å². The van der Waals surface area contributed by atoms with Gasteiger partial charge in [-0.3, -0.25) is 0 Å². The van der Waals surface area contributed by atoms with Crippen LogP contribution >= 0.6 is 0 Å². The Bertz CT molecular complexity index is 114. The van der Waals surface area contributed by atoms with E-state index in [2.05, 4.69) is 0 Å². The molecule has 0 aromatic rings. The lowest BCUT2D eigenvalue weighted by Crippen LogP contribution is -2.48. The van der Waals surface area contributed by atoms with E-state index in [-0.39, 0.29) is 0 Å². The van der Waals surface area contributed by atoms with E-state index in [1.165, 1.54) is 25.7 Å². The van der Waals surface area contributed by atoms with Gasteiger partial charge in [-0.25, -0.2) is 0 Å². The molecule has 0 bridgehead atoms. The summed E-state index contributed by atoms with van der Waals surface area (Å²) in [7, 11) is 0. The van der Waals surface area contributed by atoms with Crippen molar-refractivity contribution in [3.63, 3.8) is 0 Å². The molecule has 10 heavy (non-hydrogen) atoms. The molecule has 2 N–H and O–H groups in total. The van der Waals surface area contributed by atoms with Crippen molar-refractivity contribution in [2.75, 3.05) is 13.2 Å². The second-order valence-corrected chi connectivity index (χ2v) is 3.78. The smallest absolute Gasteiger partial charge is 0.0471 e. The van der Waals surface area contributed by atoms with Gasteiger partial charge in [0.25, 0.3) is 0 Å². The molecule has 2 heteroatoms. The molecule has 0 amide bonds. The predicted octanol–water partition coefficient (Wildman–Crippen LogP) is 0.904. The molecule has 2 fully saturated rings. The van der Waals surface area contributed by atoms with Crippen molar-refractivity contribution < 1.29 is 4.74 Å². The second-order valence-electron chi connectivity index (χ2n) is 3.78. The standard InChI is InChI=1S/C8H15NO/c9-7-5-8(6-7)1-3-10-4-2-8/h7H,1-6,9H2. The minimum absolute atomic E-state index is 0.498. The van der Waals surface area contributed by atoms with E-state index in [0.717, 1.165) is 13.2 Å². The molecule has 0 radical (unpaired) electrons. The Hall–Kier alpha value is -0.0800. The third kappa shape index (κ3) is 0.956. The van der Waals surface area contributed by atoms with Gasteiger partial charge in [-0.15, -0.1) is 0 Å². The maximum absolute atomic E-state index is 5.74. The third-order valence-corrected chi connectivity index (χ3v) is 2.94. The molecule has 1 saturated carbocycles. The largest absolute Gasteiger partial charge is 0.381 e. The lowest BCUT2D eigenvalue weighted by molar-refractivity contribution is -0.0378. The highest BCUT2D eigenvalue weighted by Crippen LogP contribution is 2.47. The minimum atomic E-state index is 0.498. The lowest BCUT2D eigenvalue weighted by Gasteiger charge is -2.48. The van der Waals surface area contributed by atoms with E-state index in [4.69, 9.17) is 10.5 Å². The first-order chi connectivity index (χ1) is 4.81. The summed E-state index contributed by atoms with van der Waals surface area (Å²) >= 11 is 0. The Morgan fingerprint density at radius 1 is 1.20 bits per heavy atom. The predicted molar refractivity (Wildman–Crippen MR) is 39.7 cm³/mol. The fourth-order valence-electron chi connectivity index (χ4n) is 2.27. The van der Waals surface area contributed by atoms with Gasteiger partial charge in [0.1, 0.15) is 0 Å². The highest BCUT2D eigenvalue weighted by molar-refractivity contribution is 4.96. The van der Waals surface area contributed by atoms with Gasteiger partial charge in [0.05, 0.1) is 0 Å².